The van der Waals surface area contributed by atoms with Gasteiger partial charge in [0.2, 0.25) is 0 Å². The Morgan fingerprint density at radius 2 is 2.12 bits per heavy atom. The number of nitrogens with two attached hydrogens (primary N) is 1. The standard InChI is InChI=1S/C13H20BrNO2/c1-16-7-3-4-11(15)8-10-9-12(17-2)5-6-13(10)14/h5-6,9,11H,3-4,7-8,15H2,1-2H3. The molecule has 0 aromatic heterocycles. The van der Waals surface area contributed by atoms with Gasteiger partial charge >= 0.3 is 0 Å². The van der Waals surface area contributed by atoms with Crippen molar-refractivity contribution in [1.82, 2.24) is 0 Å². The normalized spacial score (nSPS) is 12.5. The van der Waals surface area contributed by atoms with Crippen LogP contribution in [0.5, 0.6) is 5.75 Å². The second kappa shape index (κ2) is 7.69. The fraction of sp³-hybridized carbons (Fsp3) is 0.538. The molecule has 96 valence electrons. The summed E-state index contributed by atoms with van der Waals surface area (Å²) < 4.78 is 11.3. The summed E-state index contributed by atoms with van der Waals surface area (Å²) in [6.45, 7) is 0.771. The summed E-state index contributed by atoms with van der Waals surface area (Å²) in [7, 11) is 3.38. The molecule has 0 saturated carbocycles. The van der Waals surface area contributed by atoms with E-state index in [1.54, 1.807) is 14.2 Å². The van der Waals surface area contributed by atoms with E-state index in [9.17, 15) is 0 Å². The van der Waals surface area contributed by atoms with Crippen LogP contribution >= 0.6 is 15.9 Å². The van der Waals surface area contributed by atoms with Crippen LogP contribution in [0.4, 0.5) is 0 Å². The SMILES string of the molecule is COCCCC(N)Cc1cc(OC)ccc1Br. The molecule has 1 aromatic carbocycles. The van der Waals surface area contributed by atoms with Gasteiger partial charge in [-0.3, -0.25) is 0 Å². The molecule has 4 heteroatoms. The second-order valence-electron chi connectivity index (χ2n) is 4.06. The van der Waals surface area contributed by atoms with Crippen LogP contribution in [-0.2, 0) is 11.2 Å². The first-order chi connectivity index (χ1) is 8.17. The molecule has 0 radical (unpaired) electrons. The highest BCUT2D eigenvalue weighted by atomic mass is 79.9. The van der Waals surface area contributed by atoms with Crippen LogP contribution in [-0.4, -0.2) is 26.9 Å². The lowest BCUT2D eigenvalue weighted by Gasteiger charge is -2.13. The quantitative estimate of drug-likeness (QED) is 0.788. The minimum atomic E-state index is 0.161. The summed E-state index contributed by atoms with van der Waals surface area (Å²) >= 11 is 3.53. The first-order valence-electron chi connectivity index (χ1n) is 5.74. The number of ether oxygens (including phenoxy) is 2. The molecule has 1 aromatic rings. The third kappa shape index (κ3) is 5.06. The predicted molar refractivity (Wildman–Crippen MR) is 73.5 cm³/mol. The minimum Gasteiger partial charge on any atom is -0.497 e. The number of benzene rings is 1. The van der Waals surface area contributed by atoms with Crippen LogP contribution in [0.15, 0.2) is 22.7 Å². The van der Waals surface area contributed by atoms with Gasteiger partial charge in [-0.25, -0.2) is 0 Å². The molecule has 0 spiro atoms. The van der Waals surface area contributed by atoms with Gasteiger partial charge in [0.25, 0.3) is 0 Å². The van der Waals surface area contributed by atoms with E-state index >= 15 is 0 Å². The largest absolute Gasteiger partial charge is 0.497 e. The van der Waals surface area contributed by atoms with Crippen molar-refractivity contribution in [2.75, 3.05) is 20.8 Å². The van der Waals surface area contributed by atoms with Crippen LogP contribution in [0.25, 0.3) is 0 Å². The van der Waals surface area contributed by atoms with Gasteiger partial charge < -0.3 is 15.2 Å². The third-order valence-corrected chi connectivity index (χ3v) is 3.43. The van der Waals surface area contributed by atoms with E-state index in [1.165, 1.54) is 5.56 Å². The van der Waals surface area contributed by atoms with Crippen LogP contribution in [0.1, 0.15) is 18.4 Å². The minimum absolute atomic E-state index is 0.161. The first-order valence-corrected chi connectivity index (χ1v) is 6.53. The molecular weight excluding hydrogens is 282 g/mol. The van der Waals surface area contributed by atoms with Crippen molar-refractivity contribution in [3.63, 3.8) is 0 Å². The summed E-state index contributed by atoms with van der Waals surface area (Å²) in [6, 6.07) is 6.12. The molecule has 0 bridgehead atoms. The van der Waals surface area contributed by atoms with Crippen LogP contribution < -0.4 is 10.5 Å². The highest BCUT2D eigenvalue weighted by molar-refractivity contribution is 9.10. The summed E-state index contributed by atoms with van der Waals surface area (Å²) in [4.78, 5) is 0. The van der Waals surface area contributed by atoms with Gasteiger partial charge in [-0.15, -0.1) is 0 Å². The van der Waals surface area contributed by atoms with E-state index in [0.29, 0.717) is 0 Å². The maximum absolute atomic E-state index is 6.09. The Kier molecular flexibility index (Phi) is 6.55. The highest BCUT2D eigenvalue weighted by Crippen LogP contribution is 2.23. The van der Waals surface area contributed by atoms with Crippen molar-refractivity contribution < 1.29 is 9.47 Å². The summed E-state index contributed by atoms with van der Waals surface area (Å²) in [6.07, 6.45) is 2.82. The van der Waals surface area contributed by atoms with Crippen molar-refractivity contribution in [2.45, 2.75) is 25.3 Å². The Balaban J connectivity index is 2.54. The van der Waals surface area contributed by atoms with Crippen molar-refractivity contribution in [3.8, 4) is 5.75 Å². The average molecular weight is 302 g/mol. The number of methoxy groups -OCH3 is 2. The topological polar surface area (TPSA) is 44.5 Å². The average Bonchev–Trinajstić information content (AvgIpc) is 2.32. The Morgan fingerprint density at radius 3 is 2.76 bits per heavy atom. The Morgan fingerprint density at radius 1 is 1.35 bits per heavy atom. The number of hydrogen-bond acceptors (Lipinski definition) is 3. The molecule has 0 aliphatic rings. The van der Waals surface area contributed by atoms with Crippen molar-refractivity contribution in [1.29, 1.82) is 0 Å². The highest BCUT2D eigenvalue weighted by Gasteiger charge is 2.08. The summed E-state index contributed by atoms with van der Waals surface area (Å²) in [5.41, 5.74) is 7.28. The van der Waals surface area contributed by atoms with E-state index in [2.05, 4.69) is 15.9 Å². The predicted octanol–water partition coefficient (Wildman–Crippen LogP) is 2.75. The van der Waals surface area contributed by atoms with E-state index in [-0.39, 0.29) is 6.04 Å². The zero-order valence-corrected chi connectivity index (χ0v) is 12.0. The smallest absolute Gasteiger partial charge is 0.119 e. The van der Waals surface area contributed by atoms with Crippen molar-refractivity contribution in [2.24, 2.45) is 5.73 Å². The third-order valence-electron chi connectivity index (χ3n) is 2.66. The van der Waals surface area contributed by atoms with Gasteiger partial charge in [0.1, 0.15) is 5.75 Å². The molecule has 3 nitrogen and oxygen atoms in total. The molecule has 0 aliphatic heterocycles. The molecular formula is C13H20BrNO2. The van der Waals surface area contributed by atoms with Gasteiger partial charge in [-0.05, 0) is 43.0 Å². The Labute approximate surface area is 111 Å². The molecule has 17 heavy (non-hydrogen) atoms. The van der Waals surface area contributed by atoms with E-state index in [0.717, 1.165) is 36.1 Å². The fourth-order valence-corrected chi connectivity index (χ4v) is 2.12. The van der Waals surface area contributed by atoms with Gasteiger partial charge in [-0.1, -0.05) is 15.9 Å². The van der Waals surface area contributed by atoms with Crippen LogP contribution in [0.3, 0.4) is 0 Å². The number of hydrogen-bond donors (Lipinski definition) is 1. The zero-order chi connectivity index (χ0) is 12.7. The lowest BCUT2D eigenvalue weighted by molar-refractivity contribution is 0.190. The lowest BCUT2D eigenvalue weighted by atomic mass is 10.0. The van der Waals surface area contributed by atoms with Gasteiger partial charge in [0, 0.05) is 24.2 Å². The fourth-order valence-electron chi connectivity index (χ4n) is 1.71. The maximum Gasteiger partial charge on any atom is 0.119 e. The van der Waals surface area contributed by atoms with E-state index < -0.39 is 0 Å². The molecule has 1 unspecified atom stereocenters. The lowest BCUT2D eigenvalue weighted by Crippen LogP contribution is -2.23. The van der Waals surface area contributed by atoms with Gasteiger partial charge in [0.05, 0.1) is 7.11 Å². The number of halogens is 1. The molecule has 0 fully saturated rings. The molecule has 1 rings (SSSR count). The molecule has 2 N–H and O–H groups in total. The monoisotopic (exact) mass is 301 g/mol. The van der Waals surface area contributed by atoms with Crippen molar-refractivity contribution >= 4 is 15.9 Å². The Hall–Kier alpha value is -0.580. The zero-order valence-electron chi connectivity index (χ0n) is 10.4. The summed E-state index contributed by atoms with van der Waals surface area (Å²) in [5, 5.41) is 0. The molecule has 0 saturated heterocycles. The summed E-state index contributed by atoms with van der Waals surface area (Å²) in [5.74, 6) is 0.868. The van der Waals surface area contributed by atoms with Gasteiger partial charge in [-0.2, -0.15) is 0 Å². The Bertz CT molecular complexity index is 344. The maximum atomic E-state index is 6.09. The van der Waals surface area contributed by atoms with Crippen molar-refractivity contribution in [3.05, 3.63) is 28.2 Å². The molecule has 0 aliphatic carbocycles. The van der Waals surface area contributed by atoms with Gasteiger partial charge in [0.15, 0.2) is 0 Å². The molecule has 1 atom stereocenters. The van der Waals surface area contributed by atoms with E-state index in [4.69, 9.17) is 15.2 Å². The molecule has 0 heterocycles. The van der Waals surface area contributed by atoms with E-state index in [1.807, 2.05) is 18.2 Å². The second-order valence-corrected chi connectivity index (χ2v) is 4.91. The van der Waals surface area contributed by atoms with Crippen LogP contribution in [0.2, 0.25) is 0 Å². The first kappa shape index (κ1) is 14.5. The number of rotatable bonds is 7. The van der Waals surface area contributed by atoms with Crippen LogP contribution in [0, 0.1) is 0 Å². The molecule has 0 amide bonds.